The number of aromatic nitrogens is 2. The lowest BCUT2D eigenvalue weighted by atomic mass is 10.1. The summed E-state index contributed by atoms with van der Waals surface area (Å²) in [5, 5.41) is 24.1. The molecular formula is C24H34N4O5. The van der Waals surface area contributed by atoms with Crippen LogP contribution in [0.15, 0.2) is 49.1 Å². The standard InChI is InChI=1S/2C10H14N2.C4H6O5/c2*1-12-7-3-5-10(12)9-4-2-6-11-8-9;5-2(4(8)9)1-3(6)7/h2*2,4,6,8,10H,3,5,7H2,1H3;2,5H,1H2,(H,6,7)(H,8,9)/t2*10-;/m00./s1. The van der Waals surface area contributed by atoms with E-state index in [1.165, 1.54) is 49.9 Å². The second-order valence-electron chi connectivity index (χ2n) is 8.30. The van der Waals surface area contributed by atoms with Crippen molar-refractivity contribution >= 4 is 11.9 Å². The SMILES string of the molecule is CN1CCC[C@H]1c1cccnc1.CN1CCC[C@H]1c1cccnc1.O=C(O)CC(O)C(=O)O. The highest BCUT2D eigenvalue weighted by Crippen LogP contribution is 2.30. The number of aliphatic hydroxyl groups is 1. The number of carboxylic acid groups (broad SMARTS) is 2. The lowest BCUT2D eigenvalue weighted by molar-refractivity contribution is -0.152. The van der Waals surface area contributed by atoms with Crippen LogP contribution in [0.1, 0.15) is 55.3 Å². The van der Waals surface area contributed by atoms with E-state index in [0.29, 0.717) is 12.1 Å². The Kier molecular flexibility index (Phi) is 10.9. The number of aliphatic carboxylic acids is 2. The summed E-state index contributed by atoms with van der Waals surface area (Å²) >= 11 is 0. The van der Waals surface area contributed by atoms with Gasteiger partial charge in [0.25, 0.3) is 0 Å². The van der Waals surface area contributed by atoms with Crippen molar-refractivity contribution in [2.24, 2.45) is 0 Å². The Hall–Kier alpha value is -2.88. The molecule has 2 aliphatic rings. The van der Waals surface area contributed by atoms with E-state index in [1.54, 1.807) is 0 Å². The number of hydrogen-bond donors (Lipinski definition) is 3. The van der Waals surface area contributed by atoms with Crippen LogP contribution in [0, 0.1) is 0 Å². The van der Waals surface area contributed by atoms with Gasteiger partial charge in [0.2, 0.25) is 0 Å². The second kappa shape index (κ2) is 13.6. The zero-order chi connectivity index (χ0) is 24.2. The summed E-state index contributed by atoms with van der Waals surface area (Å²) in [4.78, 5) is 32.5. The van der Waals surface area contributed by atoms with Gasteiger partial charge in [-0.05, 0) is 76.1 Å². The Labute approximate surface area is 194 Å². The molecule has 0 aliphatic carbocycles. The lowest BCUT2D eigenvalue weighted by Gasteiger charge is -2.18. The fraction of sp³-hybridized carbons (Fsp3) is 0.500. The molecule has 33 heavy (non-hydrogen) atoms. The quantitative estimate of drug-likeness (QED) is 0.619. The summed E-state index contributed by atoms with van der Waals surface area (Å²) in [6.45, 7) is 2.44. The van der Waals surface area contributed by atoms with Crippen LogP contribution in [0.3, 0.4) is 0 Å². The third-order valence-electron chi connectivity index (χ3n) is 5.83. The number of aliphatic hydroxyl groups excluding tert-OH is 1. The number of hydrogen-bond acceptors (Lipinski definition) is 7. The van der Waals surface area contributed by atoms with Gasteiger partial charge in [0.05, 0.1) is 6.42 Å². The zero-order valence-corrected chi connectivity index (χ0v) is 19.2. The van der Waals surface area contributed by atoms with Crippen molar-refractivity contribution in [2.75, 3.05) is 27.2 Å². The van der Waals surface area contributed by atoms with Crippen LogP contribution in [0.25, 0.3) is 0 Å². The first-order valence-electron chi connectivity index (χ1n) is 11.1. The van der Waals surface area contributed by atoms with Crippen LogP contribution in [0.2, 0.25) is 0 Å². The van der Waals surface area contributed by atoms with Crippen molar-refractivity contribution in [3.63, 3.8) is 0 Å². The van der Waals surface area contributed by atoms with Gasteiger partial charge in [-0.2, -0.15) is 0 Å². The molecule has 3 atom stereocenters. The summed E-state index contributed by atoms with van der Waals surface area (Å²) < 4.78 is 0. The minimum atomic E-state index is -1.79. The Morgan fingerprint density at radius 3 is 1.64 bits per heavy atom. The van der Waals surface area contributed by atoms with Gasteiger partial charge in [0.1, 0.15) is 0 Å². The van der Waals surface area contributed by atoms with Gasteiger partial charge in [0, 0.05) is 36.9 Å². The first kappa shape index (κ1) is 26.4. The maximum Gasteiger partial charge on any atom is 0.333 e. The predicted octanol–water partition coefficient (Wildman–Crippen LogP) is 2.60. The van der Waals surface area contributed by atoms with E-state index in [0.717, 1.165) is 0 Å². The molecule has 0 amide bonds. The number of carboxylic acids is 2. The highest BCUT2D eigenvalue weighted by molar-refractivity contribution is 5.79. The van der Waals surface area contributed by atoms with Crippen molar-refractivity contribution in [1.29, 1.82) is 0 Å². The van der Waals surface area contributed by atoms with Crippen LogP contribution >= 0.6 is 0 Å². The second-order valence-corrected chi connectivity index (χ2v) is 8.30. The molecular weight excluding hydrogens is 424 g/mol. The smallest absolute Gasteiger partial charge is 0.333 e. The van der Waals surface area contributed by atoms with Gasteiger partial charge in [0.15, 0.2) is 6.10 Å². The Morgan fingerprint density at radius 1 is 0.939 bits per heavy atom. The minimum absolute atomic E-state index is 0.610. The van der Waals surface area contributed by atoms with E-state index in [9.17, 15) is 9.59 Å². The highest BCUT2D eigenvalue weighted by atomic mass is 16.4. The maximum absolute atomic E-state index is 9.72. The van der Waals surface area contributed by atoms with Gasteiger partial charge >= 0.3 is 11.9 Å². The topological polar surface area (TPSA) is 127 Å². The van der Waals surface area contributed by atoms with Crippen molar-refractivity contribution < 1.29 is 24.9 Å². The van der Waals surface area contributed by atoms with Crippen LogP contribution in [-0.2, 0) is 9.59 Å². The molecule has 2 fully saturated rings. The Balaban J connectivity index is 0.000000178. The largest absolute Gasteiger partial charge is 0.481 e. The summed E-state index contributed by atoms with van der Waals surface area (Å²) in [5.41, 5.74) is 2.72. The van der Waals surface area contributed by atoms with Gasteiger partial charge in [-0.1, -0.05) is 12.1 Å². The van der Waals surface area contributed by atoms with Gasteiger partial charge in [-0.25, -0.2) is 4.79 Å². The van der Waals surface area contributed by atoms with E-state index in [1.807, 2.05) is 36.9 Å². The van der Waals surface area contributed by atoms with Crippen molar-refractivity contribution in [2.45, 2.75) is 50.3 Å². The first-order chi connectivity index (χ1) is 15.8. The fourth-order valence-electron chi connectivity index (χ4n) is 4.06. The number of pyridine rings is 2. The molecule has 2 aliphatic heterocycles. The van der Waals surface area contributed by atoms with E-state index < -0.39 is 24.5 Å². The third kappa shape index (κ3) is 8.88. The van der Waals surface area contributed by atoms with E-state index in [2.05, 4.69) is 46.0 Å². The Bertz CT molecular complexity index is 797. The molecule has 0 aromatic carbocycles. The maximum atomic E-state index is 9.72. The molecule has 9 heteroatoms. The summed E-state index contributed by atoms with van der Waals surface area (Å²) in [6.07, 6.45) is 10.3. The van der Waals surface area contributed by atoms with Gasteiger partial charge in [-0.15, -0.1) is 0 Å². The van der Waals surface area contributed by atoms with E-state index in [-0.39, 0.29) is 0 Å². The monoisotopic (exact) mass is 458 g/mol. The molecule has 3 N–H and O–H groups in total. The molecule has 0 saturated carbocycles. The molecule has 180 valence electrons. The lowest BCUT2D eigenvalue weighted by Crippen LogP contribution is -2.22. The summed E-state index contributed by atoms with van der Waals surface area (Å²) in [5.74, 6) is -2.85. The molecule has 1 unspecified atom stereocenters. The number of nitrogens with zero attached hydrogens (tertiary/aromatic N) is 4. The molecule has 2 aromatic rings. The first-order valence-corrected chi connectivity index (χ1v) is 11.1. The van der Waals surface area contributed by atoms with Crippen molar-refractivity contribution in [1.82, 2.24) is 19.8 Å². The van der Waals surface area contributed by atoms with Gasteiger partial charge < -0.3 is 15.3 Å². The van der Waals surface area contributed by atoms with Crippen LogP contribution < -0.4 is 0 Å². The Morgan fingerprint density at radius 2 is 1.39 bits per heavy atom. The number of carbonyl (C=O) groups is 2. The molecule has 9 nitrogen and oxygen atoms in total. The van der Waals surface area contributed by atoms with Crippen molar-refractivity contribution in [3.8, 4) is 0 Å². The predicted molar refractivity (Wildman–Crippen MR) is 124 cm³/mol. The summed E-state index contributed by atoms with van der Waals surface area (Å²) in [7, 11) is 4.37. The third-order valence-corrected chi connectivity index (χ3v) is 5.83. The van der Waals surface area contributed by atoms with E-state index >= 15 is 0 Å². The molecule has 0 bridgehead atoms. The van der Waals surface area contributed by atoms with Gasteiger partial charge in [-0.3, -0.25) is 24.6 Å². The fourth-order valence-corrected chi connectivity index (χ4v) is 4.06. The molecule has 0 radical (unpaired) electrons. The van der Waals surface area contributed by atoms with E-state index in [4.69, 9.17) is 15.3 Å². The average molecular weight is 459 g/mol. The number of likely N-dealkylation sites (tertiary alicyclic amines) is 2. The minimum Gasteiger partial charge on any atom is -0.481 e. The van der Waals surface area contributed by atoms with Crippen molar-refractivity contribution in [3.05, 3.63) is 60.2 Å². The van der Waals surface area contributed by atoms with Crippen LogP contribution in [-0.4, -0.2) is 80.3 Å². The molecule has 2 saturated heterocycles. The molecule has 4 heterocycles. The normalized spacial score (nSPS) is 21.3. The molecule has 4 rings (SSSR count). The summed E-state index contributed by atoms with van der Waals surface area (Å²) in [6, 6.07) is 9.58. The average Bonchev–Trinajstić information content (AvgIpc) is 3.43. The zero-order valence-electron chi connectivity index (χ0n) is 19.2. The van der Waals surface area contributed by atoms with Crippen LogP contribution in [0.4, 0.5) is 0 Å². The van der Waals surface area contributed by atoms with Crippen LogP contribution in [0.5, 0.6) is 0 Å². The highest BCUT2D eigenvalue weighted by Gasteiger charge is 2.22. The number of rotatable bonds is 5. The molecule has 0 spiro atoms. The molecule has 2 aromatic heterocycles.